The molecule has 1 atom stereocenters. The summed E-state index contributed by atoms with van der Waals surface area (Å²) in [6.45, 7) is 6.47. The quantitative estimate of drug-likeness (QED) is 0.640. The van der Waals surface area contributed by atoms with Crippen molar-refractivity contribution in [3.8, 4) is 5.75 Å². The predicted octanol–water partition coefficient (Wildman–Crippen LogP) is 3.00. The fourth-order valence-electron chi connectivity index (χ4n) is 3.01. The maximum Gasteiger partial charge on any atom is 0.573 e. The van der Waals surface area contributed by atoms with Gasteiger partial charge in [0.25, 0.3) is 0 Å². The molecule has 0 aliphatic carbocycles. The maximum atomic E-state index is 14.1. The Bertz CT molecular complexity index is 728. The Hall–Kier alpha value is -2.36. The van der Waals surface area contributed by atoms with Crippen LogP contribution >= 0.6 is 0 Å². The van der Waals surface area contributed by atoms with Crippen molar-refractivity contribution in [3.63, 3.8) is 0 Å². The largest absolute Gasteiger partial charge is 0.573 e. The summed E-state index contributed by atoms with van der Waals surface area (Å²) in [7, 11) is 0. The molecule has 0 radical (unpaired) electrons. The summed E-state index contributed by atoms with van der Waals surface area (Å²) in [4.78, 5) is 6.48. The van der Waals surface area contributed by atoms with Crippen LogP contribution in [0.15, 0.2) is 22.2 Å². The second-order valence-electron chi connectivity index (χ2n) is 5.93. The molecule has 2 aliphatic rings. The average molecular weight is 373 g/mol. The molecule has 0 amide bonds. The highest BCUT2D eigenvalue weighted by molar-refractivity contribution is 5.86. The highest BCUT2D eigenvalue weighted by Crippen LogP contribution is 2.40. The van der Waals surface area contributed by atoms with E-state index in [4.69, 9.17) is 0 Å². The molecule has 3 rings (SSSR count). The Morgan fingerprint density at radius 2 is 2.00 bits per heavy atom. The lowest BCUT2D eigenvalue weighted by Crippen LogP contribution is -2.52. The minimum absolute atomic E-state index is 0.278. The molecule has 2 aliphatic heterocycles. The third-order valence-corrected chi connectivity index (χ3v) is 4.19. The van der Waals surface area contributed by atoms with Crippen LogP contribution in [-0.2, 0) is 0 Å². The van der Waals surface area contributed by atoms with E-state index >= 15 is 0 Å². The molecular formula is C16H19F4N5O. The van der Waals surface area contributed by atoms with Gasteiger partial charge in [-0.3, -0.25) is 0 Å². The summed E-state index contributed by atoms with van der Waals surface area (Å²) >= 11 is 0. The van der Waals surface area contributed by atoms with Gasteiger partial charge in [-0.2, -0.15) is 5.10 Å². The first-order valence-corrected chi connectivity index (χ1v) is 8.21. The number of fused-ring (bicyclic) bond motifs is 1. The first-order valence-electron chi connectivity index (χ1n) is 8.21. The minimum Gasteiger partial charge on any atom is -0.403 e. The molecular weight excluding hydrogens is 354 g/mol. The van der Waals surface area contributed by atoms with Crippen molar-refractivity contribution in [2.75, 3.05) is 26.2 Å². The van der Waals surface area contributed by atoms with Gasteiger partial charge in [0.1, 0.15) is 0 Å². The second-order valence-corrected chi connectivity index (χ2v) is 5.93. The minimum atomic E-state index is -4.97. The fraction of sp³-hybridized carbons (Fsp3) is 0.500. The molecule has 1 unspecified atom stereocenters. The summed E-state index contributed by atoms with van der Waals surface area (Å²) < 4.78 is 55.3. The molecule has 1 fully saturated rings. The monoisotopic (exact) mass is 373 g/mol. The predicted molar refractivity (Wildman–Crippen MR) is 89.0 cm³/mol. The van der Waals surface area contributed by atoms with Gasteiger partial charge in [-0.15, -0.1) is 13.2 Å². The average Bonchev–Trinajstić information content (AvgIpc) is 2.58. The van der Waals surface area contributed by atoms with Crippen LogP contribution in [0.3, 0.4) is 0 Å². The van der Waals surface area contributed by atoms with E-state index in [1.807, 2.05) is 4.90 Å². The van der Waals surface area contributed by atoms with E-state index < -0.39 is 24.0 Å². The van der Waals surface area contributed by atoms with E-state index in [-0.39, 0.29) is 5.69 Å². The third kappa shape index (κ3) is 3.74. The van der Waals surface area contributed by atoms with Crippen molar-refractivity contribution >= 4 is 17.9 Å². The molecule has 142 valence electrons. The van der Waals surface area contributed by atoms with Crippen molar-refractivity contribution in [2.24, 2.45) is 10.1 Å². The van der Waals surface area contributed by atoms with Gasteiger partial charge in [-0.1, -0.05) is 0 Å². The number of rotatable bonds is 2. The summed E-state index contributed by atoms with van der Waals surface area (Å²) in [5.74, 6) is -1.43. The van der Waals surface area contributed by atoms with Crippen LogP contribution < -0.4 is 10.1 Å². The van der Waals surface area contributed by atoms with E-state index in [0.29, 0.717) is 24.6 Å². The molecule has 0 saturated carbocycles. The third-order valence-electron chi connectivity index (χ3n) is 4.19. The van der Waals surface area contributed by atoms with Gasteiger partial charge in [-0.25, -0.2) is 14.4 Å². The Kier molecular flexibility index (Phi) is 5.03. The zero-order valence-electron chi connectivity index (χ0n) is 14.3. The molecule has 1 aromatic carbocycles. The standard InChI is InChI=1S/C16H19F4N5O/c1-3-22-25-10(2)11-8-14(26-16(18,19)20)12(17)9-13(11)23-15(25)24-6-4-21-5-7-24/h3,8-10,21H,4-7H2,1-2H3/b22-3-. The summed E-state index contributed by atoms with van der Waals surface area (Å²) in [5.41, 5.74) is 0.691. The smallest absolute Gasteiger partial charge is 0.403 e. The van der Waals surface area contributed by atoms with Crippen LogP contribution in [0.4, 0.5) is 23.2 Å². The van der Waals surface area contributed by atoms with Gasteiger partial charge >= 0.3 is 6.36 Å². The maximum absolute atomic E-state index is 14.1. The first-order chi connectivity index (χ1) is 12.3. The Morgan fingerprint density at radius 1 is 1.31 bits per heavy atom. The number of piperazine rings is 1. The van der Waals surface area contributed by atoms with Crippen LogP contribution in [0.25, 0.3) is 0 Å². The molecule has 10 heteroatoms. The molecule has 26 heavy (non-hydrogen) atoms. The molecule has 6 nitrogen and oxygen atoms in total. The van der Waals surface area contributed by atoms with E-state index in [1.165, 1.54) is 0 Å². The van der Waals surface area contributed by atoms with Gasteiger partial charge in [0.05, 0.1) is 11.7 Å². The highest BCUT2D eigenvalue weighted by atomic mass is 19.4. The number of hydrogen-bond acceptors (Lipinski definition) is 6. The van der Waals surface area contributed by atoms with E-state index in [2.05, 4.69) is 20.1 Å². The topological polar surface area (TPSA) is 52.5 Å². The van der Waals surface area contributed by atoms with Crippen LogP contribution in [0, 0.1) is 5.82 Å². The summed E-state index contributed by atoms with van der Waals surface area (Å²) in [6.07, 6.45) is -3.39. The summed E-state index contributed by atoms with van der Waals surface area (Å²) in [5, 5.41) is 9.17. The summed E-state index contributed by atoms with van der Waals surface area (Å²) in [6, 6.07) is 1.58. The van der Waals surface area contributed by atoms with Gasteiger partial charge in [0.2, 0.25) is 5.96 Å². The number of hydrogen-bond donors (Lipinski definition) is 1. The number of guanidine groups is 1. The Morgan fingerprint density at radius 3 is 2.62 bits per heavy atom. The number of benzene rings is 1. The van der Waals surface area contributed by atoms with Crippen molar-refractivity contribution in [1.82, 2.24) is 15.2 Å². The number of nitrogens with one attached hydrogen (secondary N) is 1. The van der Waals surface area contributed by atoms with Gasteiger partial charge in [-0.05, 0) is 19.9 Å². The van der Waals surface area contributed by atoms with Gasteiger partial charge in [0, 0.05) is 44.0 Å². The van der Waals surface area contributed by atoms with Crippen LogP contribution in [-0.4, -0.2) is 54.6 Å². The number of halogens is 4. The van der Waals surface area contributed by atoms with Crippen molar-refractivity contribution in [1.29, 1.82) is 0 Å². The van der Waals surface area contributed by atoms with Crippen LogP contribution in [0.5, 0.6) is 5.75 Å². The van der Waals surface area contributed by atoms with Crippen LogP contribution in [0.2, 0.25) is 0 Å². The molecule has 1 N–H and O–H groups in total. The van der Waals surface area contributed by atoms with Crippen molar-refractivity contribution in [2.45, 2.75) is 26.3 Å². The normalized spacial score (nSPS) is 21.0. The van der Waals surface area contributed by atoms with Gasteiger partial charge < -0.3 is 15.0 Å². The molecule has 1 saturated heterocycles. The number of alkyl halides is 3. The highest BCUT2D eigenvalue weighted by Gasteiger charge is 2.35. The fourth-order valence-corrected chi connectivity index (χ4v) is 3.01. The lowest BCUT2D eigenvalue weighted by molar-refractivity contribution is -0.275. The second kappa shape index (κ2) is 7.10. The van der Waals surface area contributed by atoms with Crippen LogP contribution in [0.1, 0.15) is 25.5 Å². The van der Waals surface area contributed by atoms with E-state index in [9.17, 15) is 17.6 Å². The lowest BCUT2D eigenvalue weighted by atomic mass is 10.0. The molecule has 0 spiro atoms. The van der Waals surface area contributed by atoms with E-state index in [1.54, 1.807) is 25.1 Å². The number of ether oxygens (including phenoxy) is 1. The van der Waals surface area contributed by atoms with Crippen molar-refractivity contribution in [3.05, 3.63) is 23.5 Å². The number of aliphatic imine (C=N–C) groups is 1. The first kappa shape index (κ1) is 18.4. The zero-order chi connectivity index (χ0) is 18.9. The Balaban J connectivity index is 2.04. The molecule has 0 aromatic heterocycles. The lowest BCUT2D eigenvalue weighted by Gasteiger charge is -2.39. The zero-order valence-corrected chi connectivity index (χ0v) is 14.3. The van der Waals surface area contributed by atoms with Crippen molar-refractivity contribution < 1.29 is 22.3 Å². The number of nitrogens with zero attached hydrogens (tertiary/aromatic N) is 4. The number of hydrazone groups is 1. The molecule has 1 aromatic rings. The van der Waals surface area contributed by atoms with Gasteiger partial charge in [0.15, 0.2) is 11.6 Å². The molecule has 0 bridgehead atoms. The Labute approximate surface area is 148 Å². The van der Waals surface area contributed by atoms with E-state index in [0.717, 1.165) is 25.2 Å². The molecule has 2 heterocycles. The SMILES string of the molecule is C/C=N\N1C(N2CCNCC2)=Nc2cc(F)c(OC(F)(F)F)cc2C1C.